The second-order valence-electron chi connectivity index (χ2n) is 11.0. The Hall–Kier alpha value is -1.81. The van der Waals surface area contributed by atoms with Gasteiger partial charge in [0.2, 0.25) is 5.91 Å². The number of rotatable bonds is 22. The molecule has 1 amide bonds. The maximum absolute atomic E-state index is 12.2. The van der Waals surface area contributed by atoms with Crippen LogP contribution >= 0.6 is 0 Å². The number of amides is 1. The van der Waals surface area contributed by atoms with Crippen LogP contribution in [-0.4, -0.2) is 51.2 Å². The first-order chi connectivity index (χ1) is 16.9. The van der Waals surface area contributed by atoms with Crippen molar-refractivity contribution < 1.29 is 14.0 Å². The number of nitrogens with one attached hydrogen (secondary N) is 1. The number of nitrogens with zero attached hydrogens (tertiary/aromatic N) is 1. The summed E-state index contributed by atoms with van der Waals surface area (Å²) in [5.41, 5.74) is 1.01. The molecule has 0 aliphatic carbocycles. The Morgan fingerprint density at radius 2 is 1.46 bits per heavy atom. The van der Waals surface area contributed by atoms with Crippen LogP contribution in [0.15, 0.2) is 36.4 Å². The van der Waals surface area contributed by atoms with E-state index >= 15 is 0 Å². The molecule has 0 atom stereocenters. The van der Waals surface area contributed by atoms with E-state index in [9.17, 15) is 4.79 Å². The van der Waals surface area contributed by atoms with E-state index in [1.165, 1.54) is 83.5 Å². The second kappa shape index (κ2) is 20.4. The number of ether oxygens (including phenoxy) is 1. The van der Waals surface area contributed by atoms with Crippen LogP contribution in [0.5, 0.6) is 5.75 Å². The summed E-state index contributed by atoms with van der Waals surface area (Å²) in [5, 5.41) is 3.01. The van der Waals surface area contributed by atoms with Crippen LogP contribution in [0.1, 0.15) is 102 Å². The molecule has 0 aliphatic rings. The summed E-state index contributed by atoms with van der Waals surface area (Å²) in [6.07, 6.45) is 23.6. The number of quaternary nitrogens is 1. The minimum Gasteiger partial charge on any atom is -0.494 e. The Kier molecular flexibility index (Phi) is 18.2. The molecule has 1 rings (SSSR count). The molecule has 0 radical (unpaired) electrons. The fourth-order valence-electron chi connectivity index (χ4n) is 4.06. The third-order valence-corrected chi connectivity index (χ3v) is 6.29. The monoisotopic (exact) mass is 487 g/mol. The topological polar surface area (TPSA) is 38.3 Å². The molecule has 0 saturated heterocycles. The minimum atomic E-state index is 0.0731. The molecule has 4 nitrogen and oxygen atoms in total. The molecule has 1 aromatic rings. The van der Waals surface area contributed by atoms with Gasteiger partial charge < -0.3 is 14.5 Å². The van der Waals surface area contributed by atoms with Crippen molar-refractivity contribution in [3.8, 4) is 5.75 Å². The normalized spacial score (nSPS) is 11.8. The molecule has 0 saturated carbocycles. The average molecular weight is 488 g/mol. The first-order valence-electron chi connectivity index (χ1n) is 14.3. The van der Waals surface area contributed by atoms with Gasteiger partial charge in [0.05, 0.1) is 47.3 Å². The first-order valence-corrected chi connectivity index (χ1v) is 14.3. The lowest BCUT2D eigenvalue weighted by molar-refractivity contribution is -0.869. The number of carbonyl (C=O) groups excluding carboxylic acids is 1. The van der Waals surface area contributed by atoms with Crippen molar-refractivity contribution in [1.82, 2.24) is 5.32 Å². The number of benzene rings is 1. The van der Waals surface area contributed by atoms with Crippen LogP contribution in [0.2, 0.25) is 0 Å². The smallest absolute Gasteiger partial charge is 0.224 e. The van der Waals surface area contributed by atoms with E-state index in [-0.39, 0.29) is 5.91 Å². The van der Waals surface area contributed by atoms with Gasteiger partial charge >= 0.3 is 0 Å². The minimum absolute atomic E-state index is 0.0731. The molecule has 0 unspecified atom stereocenters. The molecule has 4 heteroatoms. The van der Waals surface area contributed by atoms with Gasteiger partial charge in [-0.2, -0.15) is 0 Å². The van der Waals surface area contributed by atoms with Crippen LogP contribution in [0.25, 0.3) is 0 Å². The van der Waals surface area contributed by atoms with Gasteiger partial charge in [0, 0.05) is 0 Å². The third kappa shape index (κ3) is 20.1. The first kappa shape index (κ1) is 31.2. The molecule has 0 bridgehead atoms. The van der Waals surface area contributed by atoms with Gasteiger partial charge in [0.15, 0.2) is 0 Å². The van der Waals surface area contributed by atoms with E-state index in [4.69, 9.17) is 4.74 Å². The van der Waals surface area contributed by atoms with Gasteiger partial charge in [0.25, 0.3) is 0 Å². The predicted octanol–water partition coefficient (Wildman–Crippen LogP) is 7.47. The number of unbranched alkanes of at least 4 members (excludes halogenated alkanes) is 12. The lowest BCUT2D eigenvalue weighted by Crippen LogP contribution is -2.42. The van der Waals surface area contributed by atoms with Crippen LogP contribution in [0.3, 0.4) is 0 Å². The van der Waals surface area contributed by atoms with Gasteiger partial charge in [-0.05, 0) is 49.8 Å². The molecular formula is C31H55N2O2+. The molecule has 1 N–H and O–H groups in total. The zero-order chi connectivity index (χ0) is 25.6. The quantitative estimate of drug-likeness (QED) is 0.105. The lowest BCUT2D eigenvalue weighted by Gasteiger charge is -2.23. The molecule has 0 aliphatic heterocycles. The van der Waals surface area contributed by atoms with Gasteiger partial charge in [-0.15, -0.1) is 0 Å². The molecule has 1 aromatic carbocycles. The van der Waals surface area contributed by atoms with Crippen molar-refractivity contribution in [2.75, 3.05) is 40.8 Å². The van der Waals surface area contributed by atoms with Gasteiger partial charge in [-0.1, -0.05) is 89.0 Å². The zero-order valence-corrected chi connectivity index (χ0v) is 23.5. The maximum atomic E-state index is 12.2. The molecule has 0 fully saturated rings. The summed E-state index contributed by atoms with van der Waals surface area (Å²) in [6, 6.07) is 7.96. The standard InChI is InChI=1S/C31H54N2O2/c1-5-6-7-8-9-10-11-12-13-14-15-16-17-18-19-20-26-35-30-23-21-22-29(27-30)28-31(34)32-24-25-33(2,3)4/h12-13,21-23,27H,5-11,14-20,24-26,28H2,1-4H3/p+1/b13-12-. The van der Waals surface area contributed by atoms with Crippen molar-refractivity contribution in [2.24, 2.45) is 0 Å². The van der Waals surface area contributed by atoms with Crippen molar-refractivity contribution in [3.05, 3.63) is 42.0 Å². The summed E-state index contributed by atoms with van der Waals surface area (Å²) in [6.45, 7) is 4.65. The SMILES string of the molecule is CCCCCCCC/C=C\CCCCCCCCOc1cccc(CC(=O)NCC[N+](C)(C)C)c1. The highest BCUT2D eigenvalue weighted by atomic mass is 16.5. The van der Waals surface area contributed by atoms with Crippen LogP contribution in [0.4, 0.5) is 0 Å². The highest BCUT2D eigenvalue weighted by Crippen LogP contribution is 2.15. The summed E-state index contributed by atoms with van der Waals surface area (Å²) >= 11 is 0. The van der Waals surface area contributed by atoms with Crippen LogP contribution < -0.4 is 10.1 Å². The van der Waals surface area contributed by atoms with Crippen molar-refractivity contribution in [2.45, 2.75) is 103 Å². The fraction of sp³-hybridized carbons (Fsp3) is 0.710. The Balaban J connectivity index is 1.99. The molecule has 0 spiro atoms. The largest absolute Gasteiger partial charge is 0.494 e. The summed E-state index contributed by atoms with van der Waals surface area (Å²) in [7, 11) is 6.39. The highest BCUT2D eigenvalue weighted by molar-refractivity contribution is 5.78. The van der Waals surface area contributed by atoms with Crippen molar-refractivity contribution in [3.63, 3.8) is 0 Å². The van der Waals surface area contributed by atoms with E-state index in [2.05, 4.69) is 45.5 Å². The number of likely N-dealkylation sites (N-methyl/N-ethyl adjacent to an activating group) is 1. The van der Waals surface area contributed by atoms with Gasteiger partial charge in [0.1, 0.15) is 5.75 Å². The summed E-state index contributed by atoms with van der Waals surface area (Å²) in [5.74, 6) is 0.943. The Labute approximate surface area is 217 Å². The average Bonchev–Trinajstić information content (AvgIpc) is 2.80. The maximum Gasteiger partial charge on any atom is 0.224 e. The zero-order valence-electron chi connectivity index (χ0n) is 23.5. The van der Waals surface area contributed by atoms with Gasteiger partial charge in [-0.3, -0.25) is 4.79 Å². The van der Waals surface area contributed by atoms with E-state index in [0.717, 1.165) is 35.4 Å². The van der Waals surface area contributed by atoms with Crippen molar-refractivity contribution in [1.29, 1.82) is 0 Å². The van der Waals surface area contributed by atoms with E-state index in [1.54, 1.807) is 0 Å². The summed E-state index contributed by atoms with van der Waals surface area (Å²) in [4.78, 5) is 12.2. The second-order valence-corrected chi connectivity index (χ2v) is 11.0. The predicted molar refractivity (Wildman–Crippen MR) is 151 cm³/mol. The Bertz CT molecular complexity index is 679. The van der Waals surface area contributed by atoms with Crippen molar-refractivity contribution >= 4 is 5.91 Å². The third-order valence-electron chi connectivity index (χ3n) is 6.29. The molecule has 0 heterocycles. The number of hydrogen-bond acceptors (Lipinski definition) is 2. The molecule has 35 heavy (non-hydrogen) atoms. The number of carbonyl (C=O) groups is 1. The molecule has 0 aromatic heterocycles. The van der Waals surface area contributed by atoms with E-state index in [1.807, 2.05) is 24.3 Å². The van der Waals surface area contributed by atoms with E-state index < -0.39 is 0 Å². The lowest BCUT2D eigenvalue weighted by atomic mass is 10.1. The molecular weight excluding hydrogens is 432 g/mol. The number of hydrogen-bond donors (Lipinski definition) is 1. The van der Waals surface area contributed by atoms with Crippen LogP contribution in [-0.2, 0) is 11.2 Å². The number of allylic oxidation sites excluding steroid dienone is 2. The highest BCUT2D eigenvalue weighted by Gasteiger charge is 2.09. The molecule has 200 valence electrons. The fourth-order valence-corrected chi connectivity index (χ4v) is 4.06. The van der Waals surface area contributed by atoms with Gasteiger partial charge in [-0.25, -0.2) is 0 Å². The van der Waals surface area contributed by atoms with E-state index in [0.29, 0.717) is 13.0 Å². The Morgan fingerprint density at radius 1 is 0.857 bits per heavy atom. The summed E-state index contributed by atoms with van der Waals surface area (Å²) < 4.78 is 6.78. The Morgan fingerprint density at radius 3 is 2.09 bits per heavy atom. The van der Waals surface area contributed by atoms with Crippen LogP contribution in [0, 0.1) is 0 Å².